The van der Waals surface area contributed by atoms with Gasteiger partial charge in [-0.1, -0.05) is 35.1 Å². The number of amides is 2. The van der Waals surface area contributed by atoms with Gasteiger partial charge in [0, 0.05) is 5.02 Å². The molecule has 1 aromatic carbocycles. The molecule has 4 nitrogen and oxygen atoms in total. The Labute approximate surface area is 141 Å². The molecule has 1 aromatic heterocycles. The first-order valence-corrected chi connectivity index (χ1v) is 8.87. The Balaban J connectivity index is 1.60. The maximum atomic E-state index is 12.8. The normalized spacial score (nSPS) is 31.7. The van der Waals surface area contributed by atoms with Gasteiger partial charge in [-0.3, -0.25) is 9.59 Å². The van der Waals surface area contributed by atoms with E-state index in [4.69, 9.17) is 11.6 Å². The molecule has 2 amide bonds. The van der Waals surface area contributed by atoms with E-state index in [1.54, 1.807) is 6.07 Å². The Bertz CT molecular complexity index is 850. The van der Waals surface area contributed by atoms with Crippen LogP contribution in [0.5, 0.6) is 0 Å². The number of thiazole rings is 1. The first-order chi connectivity index (χ1) is 11.0. The number of anilines is 1. The number of benzene rings is 1. The van der Waals surface area contributed by atoms with Gasteiger partial charge in [-0.05, 0) is 42.9 Å². The smallest absolute Gasteiger partial charge is 0.240 e. The number of nitrogens with zero attached hydrogens (tertiary/aromatic N) is 2. The molecular weight excluding hydrogens is 332 g/mol. The van der Waals surface area contributed by atoms with E-state index in [0.717, 1.165) is 22.2 Å². The fourth-order valence-electron chi connectivity index (χ4n) is 4.22. The number of fused-ring (bicyclic) bond motifs is 6. The van der Waals surface area contributed by atoms with Crippen LogP contribution >= 0.6 is 22.9 Å². The Kier molecular flexibility index (Phi) is 2.63. The summed E-state index contributed by atoms with van der Waals surface area (Å²) in [6.07, 6.45) is 5.14. The molecule has 0 spiro atoms. The number of hydrogen-bond donors (Lipinski definition) is 0. The fraction of sp³-hybridized carbons (Fsp3) is 0.353. The van der Waals surface area contributed by atoms with Crippen LogP contribution in [0.3, 0.4) is 0 Å². The molecule has 1 saturated carbocycles. The highest BCUT2D eigenvalue weighted by atomic mass is 35.5. The Morgan fingerprint density at radius 1 is 1.17 bits per heavy atom. The average molecular weight is 345 g/mol. The third kappa shape index (κ3) is 1.69. The summed E-state index contributed by atoms with van der Waals surface area (Å²) in [7, 11) is 0. The molecule has 0 radical (unpaired) electrons. The van der Waals surface area contributed by atoms with E-state index in [9.17, 15) is 9.59 Å². The van der Waals surface area contributed by atoms with E-state index >= 15 is 0 Å². The van der Waals surface area contributed by atoms with Crippen LogP contribution in [0.4, 0.5) is 5.13 Å². The quantitative estimate of drug-likeness (QED) is 0.587. The van der Waals surface area contributed by atoms with Gasteiger partial charge in [0.15, 0.2) is 5.13 Å². The zero-order chi connectivity index (χ0) is 15.9. The largest absolute Gasteiger partial charge is 0.274 e. The minimum Gasteiger partial charge on any atom is -0.274 e. The molecule has 4 unspecified atom stereocenters. The molecule has 4 atom stereocenters. The van der Waals surface area contributed by atoms with Gasteiger partial charge >= 0.3 is 0 Å². The third-order valence-corrected chi connectivity index (χ3v) is 6.73. The van der Waals surface area contributed by atoms with Gasteiger partial charge in [-0.2, -0.15) is 0 Å². The number of carbonyl (C=O) groups excluding carboxylic acids is 2. The first-order valence-electron chi connectivity index (χ1n) is 7.67. The second-order valence-corrected chi connectivity index (χ2v) is 7.99. The Morgan fingerprint density at radius 2 is 1.83 bits per heavy atom. The van der Waals surface area contributed by atoms with Crippen LogP contribution in [0.25, 0.3) is 10.2 Å². The summed E-state index contributed by atoms with van der Waals surface area (Å²) in [5.74, 6) is -0.0999. The second-order valence-electron chi connectivity index (χ2n) is 6.58. The predicted molar refractivity (Wildman–Crippen MR) is 89.6 cm³/mol. The van der Waals surface area contributed by atoms with E-state index in [1.807, 2.05) is 13.0 Å². The van der Waals surface area contributed by atoms with Crippen LogP contribution in [0.15, 0.2) is 24.3 Å². The standard InChI is InChI=1S/C17H13ClN2O2S/c1-7-4-12-11(6-10(7)18)19-17(23-12)20-15(21)13-8-2-3-9(5-8)14(13)16(20)22/h2-4,6,8-9,13-14H,5H2,1H3. The summed E-state index contributed by atoms with van der Waals surface area (Å²) in [5, 5.41) is 1.12. The number of aryl methyl sites for hydroxylation is 1. The monoisotopic (exact) mass is 344 g/mol. The van der Waals surface area contributed by atoms with E-state index in [0.29, 0.717) is 10.2 Å². The number of halogens is 1. The molecule has 3 aliphatic rings. The van der Waals surface area contributed by atoms with Crippen LogP contribution in [-0.2, 0) is 9.59 Å². The number of allylic oxidation sites excluding steroid dienone is 2. The van der Waals surface area contributed by atoms with Crippen molar-refractivity contribution in [3.63, 3.8) is 0 Å². The minimum absolute atomic E-state index is 0.0845. The topological polar surface area (TPSA) is 50.3 Å². The van der Waals surface area contributed by atoms with Crippen molar-refractivity contribution in [2.75, 3.05) is 4.90 Å². The van der Waals surface area contributed by atoms with Crippen molar-refractivity contribution < 1.29 is 9.59 Å². The van der Waals surface area contributed by atoms with Gasteiger partial charge in [0.1, 0.15) is 0 Å². The molecule has 0 N–H and O–H groups in total. The van der Waals surface area contributed by atoms with Crippen molar-refractivity contribution in [2.24, 2.45) is 23.7 Å². The molecule has 6 heteroatoms. The van der Waals surface area contributed by atoms with Crippen LogP contribution in [-0.4, -0.2) is 16.8 Å². The van der Waals surface area contributed by atoms with E-state index in [-0.39, 0.29) is 35.5 Å². The maximum Gasteiger partial charge on any atom is 0.240 e. The van der Waals surface area contributed by atoms with Gasteiger partial charge in [0.25, 0.3) is 0 Å². The molecule has 1 saturated heterocycles. The molecule has 2 bridgehead atoms. The van der Waals surface area contributed by atoms with Crippen LogP contribution in [0.1, 0.15) is 12.0 Å². The Hall–Kier alpha value is -1.72. The van der Waals surface area contributed by atoms with Crippen molar-refractivity contribution >= 4 is 50.1 Å². The predicted octanol–water partition coefficient (Wildman–Crippen LogP) is 3.57. The second kappa shape index (κ2) is 4.42. The maximum absolute atomic E-state index is 12.8. The molecule has 1 aliphatic heterocycles. The number of imide groups is 1. The van der Waals surface area contributed by atoms with Gasteiger partial charge in [0.05, 0.1) is 22.1 Å². The zero-order valence-electron chi connectivity index (χ0n) is 12.3. The third-order valence-electron chi connectivity index (χ3n) is 5.32. The van der Waals surface area contributed by atoms with Crippen LogP contribution in [0, 0.1) is 30.6 Å². The van der Waals surface area contributed by atoms with Crippen molar-refractivity contribution in [1.82, 2.24) is 4.98 Å². The fourth-order valence-corrected chi connectivity index (χ4v) is 5.44. The van der Waals surface area contributed by atoms with Gasteiger partial charge in [-0.15, -0.1) is 0 Å². The highest BCUT2D eigenvalue weighted by Gasteiger charge is 2.60. The van der Waals surface area contributed by atoms with E-state index in [2.05, 4.69) is 17.1 Å². The first kappa shape index (κ1) is 13.7. The highest BCUT2D eigenvalue weighted by molar-refractivity contribution is 7.22. The Morgan fingerprint density at radius 3 is 2.48 bits per heavy atom. The number of hydrogen-bond acceptors (Lipinski definition) is 4. The molecule has 2 fully saturated rings. The molecule has 5 rings (SSSR count). The minimum atomic E-state index is -0.185. The summed E-state index contributed by atoms with van der Waals surface area (Å²) < 4.78 is 0.945. The molecular formula is C17H13ClN2O2S. The van der Waals surface area contributed by atoms with Gasteiger partial charge in [-0.25, -0.2) is 9.88 Å². The van der Waals surface area contributed by atoms with Crippen molar-refractivity contribution in [1.29, 1.82) is 0 Å². The van der Waals surface area contributed by atoms with Crippen molar-refractivity contribution in [3.8, 4) is 0 Å². The molecule has 23 heavy (non-hydrogen) atoms. The lowest BCUT2D eigenvalue weighted by Crippen LogP contribution is -2.32. The van der Waals surface area contributed by atoms with E-state index in [1.165, 1.54) is 16.2 Å². The lowest BCUT2D eigenvalue weighted by Gasteiger charge is -2.14. The van der Waals surface area contributed by atoms with Crippen molar-refractivity contribution in [3.05, 3.63) is 34.9 Å². The lowest BCUT2D eigenvalue weighted by molar-refractivity contribution is -0.123. The molecule has 2 aliphatic carbocycles. The SMILES string of the molecule is Cc1cc2sc(N3C(=O)C4C5C=CC(C5)C4C3=O)nc2cc1Cl. The number of aromatic nitrogens is 1. The number of carbonyl (C=O) groups is 2. The molecule has 2 heterocycles. The summed E-state index contributed by atoms with van der Waals surface area (Å²) in [6, 6.07) is 3.75. The summed E-state index contributed by atoms with van der Waals surface area (Å²) in [6.45, 7) is 1.93. The van der Waals surface area contributed by atoms with Crippen LogP contribution in [0.2, 0.25) is 5.02 Å². The average Bonchev–Trinajstić information content (AvgIpc) is 3.24. The summed E-state index contributed by atoms with van der Waals surface area (Å²) >= 11 is 7.53. The van der Waals surface area contributed by atoms with E-state index < -0.39 is 0 Å². The summed E-state index contributed by atoms with van der Waals surface area (Å²) in [4.78, 5) is 31.4. The lowest BCUT2D eigenvalue weighted by atomic mass is 9.85. The molecule has 116 valence electrons. The van der Waals surface area contributed by atoms with Crippen LogP contribution < -0.4 is 4.90 Å². The highest BCUT2D eigenvalue weighted by Crippen LogP contribution is 2.53. The number of rotatable bonds is 1. The zero-order valence-corrected chi connectivity index (χ0v) is 13.9. The molecule has 2 aromatic rings. The summed E-state index contributed by atoms with van der Waals surface area (Å²) in [5.41, 5.74) is 1.70. The van der Waals surface area contributed by atoms with Gasteiger partial charge in [0.2, 0.25) is 11.8 Å². The van der Waals surface area contributed by atoms with Gasteiger partial charge < -0.3 is 0 Å². The van der Waals surface area contributed by atoms with Crippen molar-refractivity contribution in [2.45, 2.75) is 13.3 Å².